The van der Waals surface area contributed by atoms with Crippen LogP contribution in [-0.2, 0) is 16.6 Å². The van der Waals surface area contributed by atoms with Crippen LogP contribution < -0.4 is 0 Å². The number of carbonyl (C=O) groups excluding carboxylic acids is 1. The van der Waals surface area contributed by atoms with Gasteiger partial charge >= 0.3 is 5.97 Å². The van der Waals surface area contributed by atoms with Gasteiger partial charge in [0.1, 0.15) is 0 Å². The van der Waals surface area contributed by atoms with Crippen LogP contribution >= 0.6 is 0 Å². The van der Waals surface area contributed by atoms with Crippen LogP contribution in [0.5, 0.6) is 0 Å². The van der Waals surface area contributed by atoms with Crippen molar-refractivity contribution in [3.05, 3.63) is 70.8 Å². The van der Waals surface area contributed by atoms with Gasteiger partial charge < -0.3 is 4.74 Å². The number of rotatable bonds is 4. The number of hydrogen-bond donors (Lipinski definition) is 0. The molecule has 2 aromatic rings. The molecule has 1 fully saturated rings. The third-order valence-electron chi connectivity index (χ3n) is 7.71. The molecule has 0 aliphatic heterocycles. The summed E-state index contributed by atoms with van der Waals surface area (Å²) >= 11 is 0. The average Bonchev–Trinajstić information content (AvgIpc) is 2.72. The summed E-state index contributed by atoms with van der Waals surface area (Å²) in [6, 6.07) is 16.5. The third-order valence-corrected chi connectivity index (χ3v) is 7.71. The summed E-state index contributed by atoms with van der Waals surface area (Å²) in [5, 5.41) is 0. The van der Waals surface area contributed by atoms with E-state index in [1.54, 1.807) is 11.1 Å². The van der Waals surface area contributed by atoms with Crippen molar-refractivity contribution in [2.24, 2.45) is 11.3 Å². The Bertz CT molecular complexity index is 885. The van der Waals surface area contributed by atoms with Crippen LogP contribution in [-0.4, -0.2) is 12.6 Å². The van der Waals surface area contributed by atoms with Crippen molar-refractivity contribution in [3.8, 4) is 0 Å². The normalized spacial score (nSPS) is 28.5. The zero-order chi connectivity index (χ0) is 20.6. The van der Waals surface area contributed by atoms with Gasteiger partial charge in [-0.2, -0.15) is 0 Å². The number of hydrogen-bond acceptors (Lipinski definition) is 2. The zero-order valence-electron chi connectivity index (χ0n) is 18.3. The number of ether oxygens (including phenoxy) is 1. The molecule has 0 heterocycles. The fourth-order valence-corrected chi connectivity index (χ4v) is 6.06. The van der Waals surface area contributed by atoms with E-state index in [2.05, 4.69) is 45.9 Å². The van der Waals surface area contributed by atoms with Crippen molar-refractivity contribution in [1.82, 2.24) is 0 Å². The molecule has 0 aromatic heterocycles. The van der Waals surface area contributed by atoms with E-state index in [9.17, 15) is 4.79 Å². The molecular weight excluding hydrogens is 356 g/mol. The Labute approximate surface area is 175 Å². The second-order valence-electron chi connectivity index (χ2n) is 10.0. The first-order chi connectivity index (χ1) is 13.8. The van der Waals surface area contributed by atoms with Crippen molar-refractivity contribution >= 4 is 5.97 Å². The highest BCUT2D eigenvalue weighted by Crippen LogP contribution is 2.57. The Hall–Kier alpha value is -2.09. The summed E-state index contributed by atoms with van der Waals surface area (Å²) in [4.78, 5) is 12.5. The lowest BCUT2D eigenvalue weighted by Gasteiger charge is -2.55. The summed E-state index contributed by atoms with van der Waals surface area (Å²) in [5.74, 6) is 0.918. The molecule has 2 heteroatoms. The highest BCUT2D eigenvalue weighted by Gasteiger charge is 2.52. The molecule has 3 atom stereocenters. The average molecular weight is 391 g/mol. The van der Waals surface area contributed by atoms with Gasteiger partial charge in [-0.3, -0.25) is 0 Å². The molecule has 0 spiro atoms. The Morgan fingerprint density at radius 1 is 1.10 bits per heavy atom. The van der Waals surface area contributed by atoms with Crippen LogP contribution in [0.15, 0.2) is 48.5 Å². The van der Waals surface area contributed by atoms with Crippen LogP contribution in [0, 0.1) is 11.3 Å². The first kappa shape index (κ1) is 20.2. The van der Waals surface area contributed by atoms with E-state index in [0.717, 1.165) is 12.8 Å². The summed E-state index contributed by atoms with van der Waals surface area (Å²) in [6.45, 7) is 9.87. The molecule has 0 saturated heterocycles. The standard InChI is InChI=1S/C27H34O2/c1-19(2)21-11-13-23-22(17-21)12-14-24-26(3,15-8-16-27(23,24)4)18-29-25(28)20-9-6-5-7-10-20/h5-7,9-11,13,17,19,24H,8,12,14-16,18H2,1-4H3/t24-,26-,27+/m0/s1. The predicted molar refractivity (Wildman–Crippen MR) is 118 cm³/mol. The first-order valence-electron chi connectivity index (χ1n) is 11.2. The van der Waals surface area contributed by atoms with Gasteiger partial charge in [-0.15, -0.1) is 0 Å². The second-order valence-corrected chi connectivity index (χ2v) is 10.0. The lowest BCUT2D eigenvalue weighted by molar-refractivity contribution is -0.0331. The van der Waals surface area contributed by atoms with Gasteiger partial charge in [-0.05, 0) is 71.8 Å². The van der Waals surface area contributed by atoms with Gasteiger partial charge in [0.2, 0.25) is 0 Å². The number of fused-ring (bicyclic) bond motifs is 3. The number of carbonyl (C=O) groups is 1. The van der Waals surface area contributed by atoms with E-state index in [1.165, 1.54) is 24.8 Å². The van der Waals surface area contributed by atoms with Crippen molar-refractivity contribution in [1.29, 1.82) is 0 Å². The maximum absolute atomic E-state index is 12.5. The molecule has 0 N–H and O–H groups in total. The molecule has 29 heavy (non-hydrogen) atoms. The molecule has 1 saturated carbocycles. The van der Waals surface area contributed by atoms with Gasteiger partial charge in [0.05, 0.1) is 12.2 Å². The fraction of sp³-hybridized carbons (Fsp3) is 0.519. The monoisotopic (exact) mass is 390 g/mol. The number of esters is 1. The summed E-state index contributed by atoms with van der Waals surface area (Å²) < 4.78 is 5.86. The Morgan fingerprint density at radius 2 is 1.86 bits per heavy atom. The third kappa shape index (κ3) is 3.63. The Kier molecular flexibility index (Phi) is 5.31. The minimum atomic E-state index is -0.197. The molecule has 2 aromatic carbocycles. The van der Waals surface area contributed by atoms with Gasteiger partial charge in [-0.1, -0.05) is 70.5 Å². The Balaban J connectivity index is 1.57. The van der Waals surface area contributed by atoms with Crippen LogP contribution in [0.4, 0.5) is 0 Å². The van der Waals surface area contributed by atoms with Gasteiger partial charge in [0, 0.05) is 5.41 Å². The maximum atomic E-state index is 12.5. The van der Waals surface area contributed by atoms with Crippen LogP contribution in [0.2, 0.25) is 0 Å². The molecule has 2 aliphatic carbocycles. The van der Waals surface area contributed by atoms with Crippen molar-refractivity contribution in [3.63, 3.8) is 0 Å². The first-order valence-corrected chi connectivity index (χ1v) is 11.2. The van der Waals surface area contributed by atoms with Gasteiger partial charge in [0.25, 0.3) is 0 Å². The SMILES string of the molecule is CC(C)c1ccc2c(c1)CC[C@H]1[C@](C)(COC(=O)c3ccccc3)CCC[C@]21C. The van der Waals surface area contributed by atoms with Crippen LogP contribution in [0.1, 0.15) is 86.3 Å². The van der Waals surface area contributed by atoms with Gasteiger partial charge in [0.15, 0.2) is 0 Å². The zero-order valence-corrected chi connectivity index (χ0v) is 18.3. The van der Waals surface area contributed by atoms with Gasteiger partial charge in [-0.25, -0.2) is 4.79 Å². The largest absolute Gasteiger partial charge is 0.462 e. The van der Waals surface area contributed by atoms with Crippen LogP contribution in [0.25, 0.3) is 0 Å². The highest BCUT2D eigenvalue weighted by molar-refractivity contribution is 5.89. The van der Waals surface area contributed by atoms with E-state index in [0.29, 0.717) is 24.0 Å². The van der Waals surface area contributed by atoms with E-state index < -0.39 is 0 Å². The van der Waals surface area contributed by atoms with E-state index in [4.69, 9.17) is 4.74 Å². The van der Waals surface area contributed by atoms with E-state index >= 15 is 0 Å². The summed E-state index contributed by atoms with van der Waals surface area (Å²) in [7, 11) is 0. The molecule has 154 valence electrons. The molecule has 2 aliphatic rings. The molecule has 4 rings (SSSR count). The molecular formula is C27H34O2. The molecule has 2 nitrogen and oxygen atoms in total. The number of benzene rings is 2. The maximum Gasteiger partial charge on any atom is 0.338 e. The fourth-order valence-electron chi connectivity index (χ4n) is 6.06. The topological polar surface area (TPSA) is 26.3 Å². The van der Waals surface area contributed by atoms with E-state index in [1.807, 2.05) is 30.3 Å². The van der Waals surface area contributed by atoms with Crippen molar-refractivity contribution < 1.29 is 9.53 Å². The number of aryl methyl sites for hydroxylation is 1. The highest BCUT2D eigenvalue weighted by atomic mass is 16.5. The van der Waals surface area contributed by atoms with Crippen LogP contribution in [0.3, 0.4) is 0 Å². The quantitative estimate of drug-likeness (QED) is 0.544. The Morgan fingerprint density at radius 3 is 2.59 bits per heavy atom. The lowest BCUT2D eigenvalue weighted by Crippen LogP contribution is -2.51. The summed E-state index contributed by atoms with van der Waals surface area (Å²) in [6.07, 6.45) is 5.88. The molecule has 0 unspecified atom stereocenters. The smallest absolute Gasteiger partial charge is 0.338 e. The molecule has 0 bridgehead atoms. The second kappa shape index (κ2) is 7.63. The minimum Gasteiger partial charge on any atom is -0.462 e. The summed E-state index contributed by atoms with van der Waals surface area (Å²) in [5.41, 5.74) is 5.38. The van der Waals surface area contributed by atoms with Crippen molar-refractivity contribution in [2.75, 3.05) is 6.61 Å². The predicted octanol–water partition coefficient (Wildman–Crippen LogP) is 6.68. The van der Waals surface area contributed by atoms with E-state index in [-0.39, 0.29) is 16.8 Å². The van der Waals surface area contributed by atoms with Crippen molar-refractivity contribution in [2.45, 2.75) is 71.1 Å². The lowest BCUT2D eigenvalue weighted by atomic mass is 9.50. The molecule has 0 amide bonds. The molecule has 0 radical (unpaired) electrons. The minimum absolute atomic E-state index is 0.0336.